The maximum atomic E-state index is 12.5. The quantitative estimate of drug-likeness (QED) is 0.897. The lowest BCUT2D eigenvalue weighted by Gasteiger charge is -2.13. The highest BCUT2D eigenvalue weighted by atomic mass is 79.9. The van der Waals surface area contributed by atoms with Crippen molar-refractivity contribution in [3.05, 3.63) is 33.8 Å². The molecule has 0 spiro atoms. The maximum absolute atomic E-state index is 12.5. The maximum Gasteiger partial charge on any atom is 0.416 e. The van der Waals surface area contributed by atoms with Crippen molar-refractivity contribution in [3.63, 3.8) is 0 Å². The Morgan fingerprint density at radius 3 is 2.41 bits per heavy atom. The Morgan fingerprint density at radius 2 is 1.94 bits per heavy atom. The van der Waals surface area contributed by atoms with Gasteiger partial charge in [0, 0.05) is 10.5 Å². The van der Waals surface area contributed by atoms with Crippen LogP contribution in [-0.4, -0.2) is 0 Å². The third-order valence-electron chi connectivity index (χ3n) is 1.99. The fraction of sp³-hybridized carbons (Fsp3) is 0.300. The van der Waals surface area contributed by atoms with Gasteiger partial charge in [-0.05, 0) is 23.8 Å². The lowest BCUT2D eigenvalue weighted by molar-refractivity contribution is -0.137. The lowest BCUT2D eigenvalue weighted by Crippen LogP contribution is -2.12. The molecule has 17 heavy (non-hydrogen) atoms. The fourth-order valence-corrected chi connectivity index (χ4v) is 1.72. The Kier molecular flexibility index (Phi) is 5.96. The summed E-state index contributed by atoms with van der Waals surface area (Å²) in [6, 6.07) is 4.54. The van der Waals surface area contributed by atoms with Gasteiger partial charge in [-0.1, -0.05) is 15.9 Å². The minimum absolute atomic E-state index is 0. The first kappa shape index (κ1) is 16.2. The van der Waals surface area contributed by atoms with Crippen molar-refractivity contribution in [1.29, 1.82) is 5.26 Å². The SMILES string of the molecule is Cl.N#CC[C@@H](N)c1cc(Br)cc(C(F)(F)F)c1. The molecular formula is C10H9BrClF3N2. The van der Waals surface area contributed by atoms with Crippen LogP contribution in [0.15, 0.2) is 22.7 Å². The van der Waals surface area contributed by atoms with Gasteiger partial charge in [0.05, 0.1) is 18.1 Å². The van der Waals surface area contributed by atoms with E-state index in [0.29, 0.717) is 10.0 Å². The van der Waals surface area contributed by atoms with Crippen LogP contribution < -0.4 is 5.73 Å². The van der Waals surface area contributed by atoms with Crippen LogP contribution in [0.1, 0.15) is 23.6 Å². The first-order chi connectivity index (χ1) is 7.34. The van der Waals surface area contributed by atoms with Gasteiger partial charge in [0.2, 0.25) is 0 Å². The zero-order valence-corrected chi connectivity index (χ0v) is 10.9. The lowest BCUT2D eigenvalue weighted by atomic mass is 10.0. The molecule has 0 saturated carbocycles. The molecule has 0 heterocycles. The zero-order chi connectivity index (χ0) is 12.3. The van der Waals surface area contributed by atoms with Crippen LogP contribution in [0.2, 0.25) is 0 Å². The van der Waals surface area contributed by atoms with Crippen molar-refractivity contribution in [2.75, 3.05) is 0 Å². The number of rotatable bonds is 2. The number of hydrogen-bond donors (Lipinski definition) is 1. The number of nitrogens with two attached hydrogens (primary N) is 1. The Hall–Kier alpha value is -0.770. The van der Waals surface area contributed by atoms with E-state index >= 15 is 0 Å². The first-order valence-electron chi connectivity index (χ1n) is 4.35. The highest BCUT2D eigenvalue weighted by molar-refractivity contribution is 9.10. The molecule has 1 aromatic rings. The number of nitriles is 1. The summed E-state index contributed by atoms with van der Waals surface area (Å²) in [4.78, 5) is 0. The number of nitrogens with zero attached hydrogens (tertiary/aromatic N) is 1. The van der Waals surface area contributed by atoms with Gasteiger partial charge in [0.25, 0.3) is 0 Å². The summed E-state index contributed by atoms with van der Waals surface area (Å²) < 4.78 is 37.7. The largest absolute Gasteiger partial charge is 0.416 e. The summed E-state index contributed by atoms with van der Waals surface area (Å²) in [7, 11) is 0. The summed E-state index contributed by atoms with van der Waals surface area (Å²) in [6.45, 7) is 0. The van der Waals surface area contributed by atoms with Crippen LogP contribution in [0.25, 0.3) is 0 Å². The van der Waals surface area contributed by atoms with Gasteiger partial charge in [-0.2, -0.15) is 18.4 Å². The molecule has 0 fully saturated rings. The Bertz CT molecular complexity index is 429. The van der Waals surface area contributed by atoms with E-state index in [1.54, 1.807) is 0 Å². The highest BCUT2D eigenvalue weighted by Gasteiger charge is 2.31. The predicted octanol–water partition coefficient (Wildman–Crippen LogP) is 3.80. The van der Waals surface area contributed by atoms with Crippen LogP contribution in [0.5, 0.6) is 0 Å². The summed E-state index contributed by atoms with van der Waals surface area (Å²) in [5, 5.41) is 8.43. The van der Waals surface area contributed by atoms with E-state index in [9.17, 15) is 13.2 Å². The molecular weight excluding hydrogens is 320 g/mol. The number of alkyl halides is 3. The summed E-state index contributed by atoms with van der Waals surface area (Å²) in [5.41, 5.74) is 5.10. The van der Waals surface area contributed by atoms with E-state index in [1.165, 1.54) is 6.07 Å². The molecule has 1 atom stereocenters. The molecule has 7 heteroatoms. The molecule has 0 amide bonds. The molecule has 2 nitrogen and oxygen atoms in total. The molecule has 0 radical (unpaired) electrons. The standard InChI is InChI=1S/C10H8BrF3N2.ClH/c11-8-4-6(9(16)1-2-15)3-7(5-8)10(12,13)14;/h3-5,9H,1,16H2;1H/t9-;/m1./s1. The minimum atomic E-state index is -4.41. The zero-order valence-electron chi connectivity index (χ0n) is 8.46. The van der Waals surface area contributed by atoms with Crippen LogP contribution >= 0.6 is 28.3 Å². The molecule has 0 saturated heterocycles. The van der Waals surface area contributed by atoms with Crippen LogP contribution in [0, 0.1) is 11.3 Å². The summed E-state index contributed by atoms with van der Waals surface area (Å²) in [5.74, 6) is 0. The molecule has 0 unspecified atom stereocenters. The van der Waals surface area contributed by atoms with Crippen LogP contribution in [-0.2, 0) is 6.18 Å². The van der Waals surface area contributed by atoms with Crippen molar-refractivity contribution in [1.82, 2.24) is 0 Å². The van der Waals surface area contributed by atoms with E-state index in [1.807, 2.05) is 6.07 Å². The first-order valence-corrected chi connectivity index (χ1v) is 5.14. The van der Waals surface area contributed by atoms with Crippen molar-refractivity contribution >= 4 is 28.3 Å². The van der Waals surface area contributed by atoms with Crippen molar-refractivity contribution < 1.29 is 13.2 Å². The molecule has 0 aliphatic rings. The normalized spacial score (nSPS) is 12.5. The Morgan fingerprint density at radius 1 is 1.35 bits per heavy atom. The molecule has 2 N–H and O–H groups in total. The Balaban J connectivity index is 0.00000256. The third-order valence-corrected chi connectivity index (χ3v) is 2.44. The smallest absolute Gasteiger partial charge is 0.323 e. The van der Waals surface area contributed by atoms with Gasteiger partial charge in [-0.15, -0.1) is 12.4 Å². The summed E-state index contributed by atoms with van der Waals surface area (Å²) in [6.07, 6.45) is -4.43. The second-order valence-electron chi connectivity index (χ2n) is 3.24. The summed E-state index contributed by atoms with van der Waals surface area (Å²) >= 11 is 2.99. The fourth-order valence-electron chi connectivity index (χ4n) is 1.21. The molecule has 94 valence electrons. The molecule has 0 bridgehead atoms. The van der Waals surface area contributed by atoms with E-state index in [0.717, 1.165) is 12.1 Å². The van der Waals surface area contributed by atoms with E-state index in [2.05, 4.69) is 15.9 Å². The molecule has 1 rings (SSSR count). The second-order valence-corrected chi connectivity index (χ2v) is 4.16. The Labute approximate surface area is 111 Å². The van der Waals surface area contributed by atoms with Gasteiger partial charge >= 0.3 is 6.18 Å². The number of benzene rings is 1. The number of hydrogen-bond acceptors (Lipinski definition) is 2. The van der Waals surface area contributed by atoms with Gasteiger partial charge < -0.3 is 5.73 Å². The van der Waals surface area contributed by atoms with Crippen molar-refractivity contribution in [3.8, 4) is 6.07 Å². The molecule has 0 aromatic heterocycles. The predicted molar refractivity (Wildman–Crippen MR) is 63.6 cm³/mol. The van der Waals surface area contributed by atoms with Crippen molar-refractivity contribution in [2.45, 2.75) is 18.6 Å². The molecule has 1 aromatic carbocycles. The van der Waals surface area contributed by atoms with Crippen LogP contribution in [0.4, 0.5) is 13.2 Å². The monoisotopic (exact) mass is 328 g/mol. The number of halogens is 5. The van der Waals surface area contributed by atoms with Crippen molar-refractivity contribution in [2.24, 2.45) is 5.73 Å². The van der Waals surface area contributed by atoms with Gasteiger partial charge in [-0.25, -0.2) is 0 Å². The van der Waals surface area contributed by atoms with Gasteiger partial charge in [0.15, 0.2) is 0 Å². The topological polar surface area (TPSA) is 49.8 Å². The van der Waals surface area contributed by atoms with Gasteiger partial charge in [0.1, 0.15) is 0 Å². The molecule has 0 aliphatic heterocycles. The average Bonchev–Trinajstić information content (AvgIpc) is 2.16. The van der Waals surface area contributed by atoms with Gasteiger partial charge in [-0.3, -0.25) is 0 Å². The van der Waals surface area contributed by atoms with E-state index < -0.39 is 17.8 Å². The average molecular weight is 330 g/mol. The van der Waals surface area contributed by atoms with E-state index in [-0.39, 0.29) is 18.8 Å². The third kappa shape index (κ3) is 4.54. The van der Waals surface area contributed by atoms with E-state index in [4.69, 9.17) is 11.0 Å². The highest BCUT2D eigenvalue weighted by Crippen LogP contribution is 2.33. The molecule has 0 aliphatic carbocycles. The minimum Gasteiger partial charge on any atom is -0.323 e. The van der Waals surface area contributed by atoms with Crippen LogP contribution in [0.3, 0.4) is 0 Å². The second kappa shape index (κ2) is 6.24.